The highest BCUT2D eigenvalue weighted by Crippen LogP contribution is 2.37. The largest absolute Gasteiger partial charge is 0.374 e. The summed E-state index contributed by atoms with van der Waals surface area (Å²) in [5, 5.41) is 11.5. The minimum atomic E-state index is -0.265. The predicted octanol–water partition coefficient (Wildman–Crippen LogP) is 5.91. The second-order valence-corrected chi connectivity index (χ2v) is 8.57. The van der Waals surface area contributed by atoms with Gasteiger partial charge in [0.25, 0.3) is 0 Å². The minimum Gasteiger partial charge on any atom is -0.374 e. The van der Waals surface area contributed by atoms with Gasteiger partial charge >= 0.3 is 0 Å². The number of aliphatic imine (C=N–C) groups is 1. The Labute approximate surface area is 197 Å². The van der Waals surface area contributed by atoms with Crippen molar-refractivity contribution in [3.8, 4) is 0 Å². The van der Waals surface area contributed by atoms with Gasteiger partial charge in [0, 0.05) is 35.2 Å². The molecule has 31 heavy (non-hydrogen) atoms. The lowest BCUT2D eigenvalue weighted by Crippen LogP contribution is -2.51. The topological polar surface area (TPSA) is 39.1 Å². The predicted molar refractivity (Wildman–Crippen MR) is 130 cm³/mol. The summed E-state index contributed by atoms with van der Waals surface area (Å²) in [5.74, 6) is 0.781. The number of piperazine rings is 1. The van der Waals surface area contributed by atoms with E-state index < -0.39 is 0 Å². The fraction of sp³-hybridized carbons (Fsp3) is 0.208. The highest BCUT2D eigenvalue weighted by molar-refractivity contribution is 6.36. The van der Waals surface area contributed by atoms with E-state index >= 15 is 0 Å². The van der Waals surface area contributed by atoms with E-state index in [0.29, 0.717) is 21.6 Å². The van der Waals surface area contributed by atoms with E-state index in [0.717, 1.165) is 35.7 Å². The van der Waals surface area contributed by atoms with Crippen LogP contribution >= 0.6 is 34.8 Å². The molecule has 0 spiro atoms. The zero-order chi connectivity index (χ0) is 21.8. The van der Waals surface area contributed by atoms with Crippen LogP contribution in [0.2, 0.25) is 15.1 Å². The molecule has 4 nitrogen and oxygen atoms in total. The molecular weight excluding hydrogens is 453 g/mol. The Balaban J connectivity index is 1.71. The molecule has 0 aromatic heterocycles. The van der Waals surface area contributed by atoms with Crippen LogP contribution in [-0.2, 0) is 0 Å². The number of halogens is 3. The van der Waals surface area contributed by atoms with Gasteiger partial charge in [-0.3, -0.25) is 0 Å². The molecule has 1 aliphatic rings. The number of anilines is 1. The Morgan fingerprint density at radius 3 is 2.29 bits per heavy atom. The third-order valence-corrected chi connectivity index (χ3v) is 6.20. The number of nitrogens with zero attached hydrogens (tertiary/aromatic N) is 3. The number of aliphatic hydroxyl groups is 1. The van der Waals surface area contributed by atoms with Gasteiger partial charge in [-0.15, -0.1) is 0 Å². The van der Waals surface area contributed by atoms with E-state index in [-0.39, 0.29) is 12.8 Å². The lowest BCUT2D eigenvalue weighted by atomic mass is 10.0. The summed E-state index contributed by atoms with van der Waals surface area (Å²) in [6, 6.07) is 23.4. The fourth-order valence-corrected chi connectivity index (χ4v) is 4.62. The first-order valence-electron chi connectivity index (χ1n) is 9.99. The standard InChI is InChI=1S/C24H22Cl3N3O/c25-19-8-6-17(7-9-19)23-15-29(24(28-16-31)18-4-2-1-3-5-18)12-13-30(23)22-11-10-20(26)14-21(22)27/h1-11,14,23,31H,12-13,15-16H2. The summed E-state index contributed by atoms with van der Waals surface area (Å²) < 4.78 is 0. The van der Waals surface area contributed by atoms with Gasteiger partial charge in [0.1, 0.15) is 12.6 Å². The van der Waals surface area contributed by atoms with Crippen LogP contribution < -0.4 is 4.90 Å². The summed E-state index contributed by atoms with van der Waals surface area (Å²) in [6.07, 6.45) is 0. The molecular formula is C24H22Cl3N3O. The van der Waals surface area contributed by atoms with Crippen LogP contribution in [0.15, 0.2) is 77.8 Å². The van der Waals surface area contributed by atoms with Crippen LogP contribution in [0.5, 0.6) is 0 Å². The van der Waals surface area contributed by atoms with Crippen molar-refractivity contribution in [3.05, 3.63) is 99.0 Å². The zero-order valence-electron chi connectivity index (χ0n) is 16.8. The van der Waals surface area contributed by atoms with E-state index in [4.69, 9.17) is 34.8 Å². The monoisotopic (exact) mass is 473 g/mol. The quantitative estimate of drug-likeness (QED) is 0.377. The van der Waals surface area contributed by atoms with E-state index in [2.05, 4.69) is 14.8 Å². The molecule has 1 aliphatic heterocycles. The van der Waals surface area contributed by atoms with Crippen LogP contribution in [0, 0.1) is 0 Å². The molecule has 0 saturated carbocycles. The maximum atomic E-state index is 9.57. The van der Waals surface area contributed by atoms with E-state index in [1.165, 1.54) is 0 Å². The van der Waals surface area contributed by atoms with Crippen LogP contribution in [0.1, 0.15) is 17.2 Å². The van der Waals surface area contributed by atoms with E-state index in [1.807, 2.05) is 66.7 Å². The first kappa shape index (κ1) is 22.0. The van der Waals surface area contributed by atoms with Gasteiger partial charge in [-0.05, 0) is 35.9 Å². The smallest absolute Gasteiger partial charge is 0.136 e. The highest BCUT2D eigenvalue weighted by Gasteiger charge is 2.31. The molecule has 3 aromatic rings. The Bertz CT molecular complexity index is 1060. The maximum absolute atomic E-state index is 9.57. The van der Waals surface area contributed by atoms with Gasteiger partial charge in [-0.25, -0.2) is 4.99 Å². The van der Waals surface area contributed by atoms with Crippen LogP contribution in [0.4, 0.5) is 5.69 Å². The van der Waals surface area contributed by atoms with E-state index in [9.17, 15) is 5.11 Å². The number of aliphatic hydroxyl groups excluding tert-OH is 1. The second-order valence-electron chi connectivity index (χ2n) is 7.29. The lowest BCUT2D eigenvalue weighted by Gasteiger charge is -2.44. The maximum Gasteiger partial charge on any atom is 0.136 e. The minimum absolute atomic E-state index is 0.0114. The van der Waals surface area contributed by atoms with Crippen molar-refractivity contribution >= 4 is 46.3 Å². The number of hydrogen-bond donors (Lipinski definition) is 1. The molecule has 0 bridgehead atoms. The van der Waals surface area contributed by atoms with Gasteiger partial charge < -0.3 is 14.9 Å². The molecule has 7 heteroatoms. The second kappa shape index (κ2) is 9.92. The van der Waals surface area contributed by atoms with Crippen molar-refractivity contribution in [1.29, 1.82) is 0 Å². The molecule has 1 fully saturated rings. The van der Waals surface area contributed by atoms with Crippen molar-refractivity contribution < 1.29 is 5.11 Å². The molecule has 1 unspecified atom stereocenters. The average Bonchev–Trinajstić information content (AvgIpc) is 2.78. The van der Waals surface area contributed by atoms with Crippen LogP contribution in [-0.4, -0.2) is 42.2 Å². The normalized spacial score (nSPS) is 17.2. The Morgan fingerprint density at radius 1 is 0.903 bits per heavy atom. The van der Waals surface area contributed by atoms with Gasteiger partial charge in [0.2, 0.25) is 0 Å². The Kier molecular flexibility index (Phi) is 7.03. The molecule has 1 heterocycles. The van der Waals surface area contributed by atoms with Crippen LogP contribution in [0.3, 0.4) is 0 Å². The zero-order valence-corrected chi connectivity index (χ0v) is 19.0. The van der Waals surface area contributed by atoms with E-state index in [1.54, 1.807) is 6.07 Å². The molecule has 4 rings (SSSR count). The van der Waals surface area contributed by atoms with Crippen molar-refractivity contribution in [3.63, 3.8) is 0 Å². The SMILES string of the molecule is OCN=C(c1ccccc1)N1CCN(c2ccc(Cl)cc2Cl)C(c2ccc(Cl)cc2)C1. The summed E-state index contributed by atoms with van der Waals surface area (Å²) in [4.78, 5) is 8.91. The number of hydrogen-bond acceptors (Lipinski definition) is 3. The third kappa shape index (κ3) is 4.99. The van der Waals surface area contributed by atoms with Gasteiger partial charge in [0.05, 0.1) is 16.8 Å². The number of benzene rings is 3. The molecule has 0 amide bonds. The first-order chi connectivity index (χ1) is 15.1. The van der Waals surface area contributed by atoms with Crippen molar-refractivity contribution in [1.82, 2.24) is 4.90 Å². The Hall–Kier alpha value is -2.24. The lowest BCUT2D eigenvalue weighted by molar-refractivity contribution is 0.296. The fourth-order valence-electron chi connectivity index (χ4n) is 3.98. The van der Waals surface area contributed by atoms with Crippen molar-refractivity contribution in [2.75, 3.05) is 31.3 Å². The van der Waals surface area contributed by atoms with Gasteiger partial charge in [0.15, 0.2) is 0 Å². The number of amidine groups is 1. The molecule has 1 saturated heterocycles. The van der Waals surface area contributed by atoms with Crippen LogP contribution in [0.25, 0.3) is 0 Å². The van der Waals surface area contributed by atoms with Crippen molar-refractivity contribution in [2.45, 2.75) is 6.04 Å². The molecule has 1 atom stereocenters. The highest BCUT2D eigenvalue weighted by atomic mass is 35.5. The molecule has 3 aromatic carbocycles. The molecule has 1 N–H and O–H groups in total. The third-order valence-electron chi connectivity index (χ3n) is 5.41. The van der Waals surface area contributed by atoms with Gasteiger partial charge in [-0.2, -0.15) is 0 Å². The number of rotatable bonds is 4. The summed E-state index contributed by atoms with van der Waals surface area (Å²) in [7, 11) is 0. The summed E-state index contributed by atoms with van der Waals surface area (Å²) in [6.45, 7) is 1.87. The summed E-state index contributed by atoms with van der Waals surface area (Å²) >= 11 is 18.8. The summed E-state index contributed by atoms with van der Waals surface area (Å²) in [5.41, 5.74) is 3.03. The first-order valence-corrected chi connectivity index (χ1v) is 11.1. The molecule has 0 aliphatic carbocycles. The average molecular weight is 475 g/mol. The van der Waals surface area contributed by atoms with Crippen molar-refractivity contribution in [2.24, 2.45) is 4.99 Å². The Morgan fingerprint density at radius 2 is 1.61 bits per heavy atom. The molecule has 0 radical (unpaired) electrons. The molecule has 160 valence electrons. The van der Waals surface area contributed by atoms with Gasteiger partial charge in [-0.1, -0.05) is 77.3 Å².